The molecule has 0 saturated heterocycles. The molecule has 0 aliphatic heterocycles. The van der Waals surface area contributed by atoms with Crippen LogP contribution in [-0.4, -0.2) is 21.8 Å². The first-order valence-corrected chi connectivity index (χ1v) is 11.2. The van der Waals surface area contributed by atoms with Crippen molar-refractivity contribution in [3.63, 3.8) is 0 Å². The van der Waals surface area contributed by atoms with E-state index in [-0.39, 0.29) is 0 Å². The van der Waals surface area contributed by atoms with E-state index in [9.17, 15) is 0 Å². The number of rotatable bonds is 6. The Morgan fingerprint density at radius 3 is 2.12 bits per heavy atom. The molecule has 0 atom stereocenters. The van der Waals surface area contributed by atoms with Gasteiger partial charge in [-0.25, -0.2) is 10.0 Å². The Kier molecular flexibility index (Phi) is 5.05. The maximum absolute atomic E-state index is 2.60. The molecule has 2 heteroatoms. The van der Waals surface area contributed by atoms with Gasteiger partial charge in [-0.1, -0.05) is 63.2 Å². The summed E-state index contributed by atoms with van der Waals surface area (Å²) in [6.45, 7) is 10.3. The monoisotopic (exact) mass is 339 g/mol. The second kappa shape index (κ2) is 7.06. The van der Waals surface area contributed by atoms with Crippen LogP contribution >= 0.6 is 10.0 Å². The van der Waals surface area contributed by atoms with Crippen LogP contribution in [0, 0.1) is 6.92 Å². The Hall–Kier alpha value is -1.67. The van der Waals surface area contributed by atoms with Crippen molar-refractivity contribution in [2.45, 2.75) is 39.3 Å². The van der Waals surface area contributed by atoms with E-state index in [1.165, 1.54) is 39.3 Å². The minimum atomic E-state index is -0.751. The van der Waals surface area contributed by atoms with Crippen molar-refractivity contribution < 1.29 is 0 Å². The quantitative estimate of drug-likeness (QED) is 0.502. The molecule has 2 aromatic carbocycles. The van der Waals surface area contributed by atoms with Gasteiger partial charge in [-0.15, -0.1) is 0 Å². The predicted octanol–water partition coefficient (Wildman–Crippen LogP) is 6.22. The third-order valence-electron chi connectivity index (χ3n) is 5.31. The summed E-state index contributed by atoms with van der Waals surface area (Å²) in [4.78, 5) is 0. The predicted molar refractivity (Wildman–Crippen MR) is 110 cm³/mol. The standard InChI is InChI=1S/C22H29NS/c1-5-24(6-2,7-3)22-16-20-14-13-18(4)15-21(20)23(22)17-19-11-9-8-10-12-19/h8-16H,5-7,17H2,1-4H3. The van der Waals surface area contributed by atoms with Crippen molar-refractivity contribution in [3.05, 3.63) is 65.7 Å². The lowest BCUT2D eigenvalue weighted by molar-refractivity contribution is 0.755. The van der Waals surface area contributed by atoms with Gasteiger partial charge in [-0.3, -0.25) is 0 Å². The Morgan fingerprint density at radius 2 is 1.50 bits per heavy atom. The fourth-order valence-corrected chi connectivity index (χ4v) is 6.80. The van der Waals surface area contributed by atoms with Crippen molar-refractivity contribution in [2.24, 2.45) is 0 Å². The normalized spacial score (nSPS) is 12.7. The molecule has 1 aromatic heterocycles. The molecule has 3 rings (SSSR count). The van der Waals surface area contributed by atoms with Crippen LogP contribution in [0.1, 0.15) is 31.9 Å². The van der Waals surface area contributed by atoms with E-state index in [2.05, 4.69) is 86.9 Å². The summed E-state index contributed by atoms with van der Waals surface area (Å²) in [5.74, 6) is 3.80. The van der Waals surface area contributed by atoms with Gasteiger partial charge in [0.15, 0.2) is 0 Å². The van der Waals surface area contributed by atoms with Crippen molar-refractivity contribution in [1.82, 2.24) is 4.57 Å². The zero-order valence-corrected chi connectivity index (χ0v) is 16.2. The zero-order valence-electron chi connectivity index (χ0n) is 15.4. The van der Waals surface area contributed by atoms with E-state index in [1.807, 2.05) is 0 Å². The molecule has 0 aliphatic carbocycles. The lowest BCUT2D eigenvalue weighted by Crippen LogP contribution is -2.15. The van der Waals surface area contributed by atoms with E-state index in [4.69, 9.17) is 0 Å². The van der Waals surface area contributed by atoms with Crippen LogP contribution in [0.25, 0.3) is 10.9 Å². The van der Waals surface area contributed by atoms with E-state index < -0.39 is 10.0 Å². The van der Waals surface area contributed by atoms with Gasteiger partial charge >= 0.3 is 0 Å². The molecule has 0 aliphatic rings. The molecule has 0 saturated carbocycles. The number of nitrogens with zero attached hydrogens (tertiary/aromatic N) is 1. The van der Waals surface area contributed by atoms with Crippen LogP contribution in [-0.2, 0) is 6.54 Å². The van der Waals surface area contributed by atoms with Gasteiger partial charge in [0.2, 0.25) is 0 Å². The van der Waals surface area contributed by atoms with Crippen LogP contribution in [0.5, 0.6) is 0 Å². The average molecular weight is 340 g/mol. The summed E-state index contributed by atoms with van der Waals surface area (Å²) >= 11 is 0. The third kappa shape index (κ3) is 3.00. The highest BCUT2D eigenvalue weighted by molar-refractivity contribution is 8.33. The van der Waals surface area contributed by atoms with E-state index in [1.54, 1.807) is 5.03 Å². The summed E-state index contributed by atoms with van der Waals surface area (Å²) in [5, 5.41) is 2.97. The number of hydrogen-bond donors (Lipinski definition) is 0. The molecular weight excluding hydrogens is 310 g/mol. The fraction of sp³-hybridized carbons (Fsp3) is 0.364. The highest BCUT2D eigenvalue weighted by Crippen LogP contribution is 2.56. The van der Waals surface area contributed by atoms with E-state index >= 15 is 0 Å². The zero-order chi connectivity index (χ0) is 17.2. The van der Waals surface area contributed by atoms with E-state index in [0.29, 0.717) is 0 Å². The Balaban J connectivity index is 2.22. The molecule has 24 heavy (non-hydrogen) atoms. The van der Waals surface area contributed by atoms with Gasteiger partial charge in [-0.2, -0.15) is 0 Å². The van der Waals surface area contributed by atoms with Gasteiger partial charge in [0.25, 0.3) is 0 Å². The minimum Gasteiger partial charge on any atom is -0.332 e. The van der Waals surface area contributed by atoms with Crippen molar-refractivity contribution in [2.75, 3.05) is 17.3 Å². The van der Waals surface area contributed by atoms with Crippen molar-refractivity contribution >= 4 is 20.9 Å². The van der Waals surface area contributed by atoms with Gasteiger partial charge in [-0.05, 0) is 47.4 Å². The molecule has 128 valence electrons. The first kappa shape index (κ1) is 17.2. The number of hydrogen-bond acceptors (Lipinski definition) is 0. The second-order valence-corrected chi connectivity index (χ2v) is 10.8. The molecule has 0 spiro atoms. The minimum absolute atomic E-state index is 0.751. The lowest BCUT2D eigenvalue weighted by atomic mass is 10.2. The molecule has 0 N–H and O–H groups in total. The molecule has 0 fully saturated rings. The highest BCUT2D eigenvalue weighted by Gasteiger charge is 2.25. The molecule has 3 aromatic rings. The number of fused-ring (bicyclic) bond motifs is 1. The molecule has 0 bridgehead atoms. The van der Waals surface area contributed by atoms with Gasteiger partial charge in [0.1, 0.15) is 0 Å². The number of benzene rings is 2. The molecule has 0 radical (unpaired) electrons. The van der Waals surface area contributed by atoms with Crippen LogP contribution in [0.3, 0.4) is 0 Å². The first-order valence-electron chi connectivity index (χ1n) is 9.03. The van der Waals surface area contributed by atoms with Crippen LogP contribution < -0.4 is 0 Å². The second-order valence-electron chi connectivity index (χ2n) is 6.53. The van der Waals surface area contributed by atoms with Crippen LogP contribution in [0.15, 0.2) is 59.6 Å². The first-order chi connectivity index (χ1) is 11.6. The SMILES string of the molecule is CCS(CC)(CC)c1cc2ccc(C)cc2n1Cc1ccccc1. The Bertz CT molecular complexity index is 804. The summed E-state index contributed by atoms with van der Waals surface area (Å²) in [6, 6.07) is 20.2. The van der Waals surface area contributed by atoms with E-state index in [0.717, 1.165) is 6.54 Å². The molecule has 1 nitrogen and oxygen atoms in total. The largest absolute Gasteiger partial charge is 0.332 e. The highest BCUT2D eigenvalue weighted by atomic mass is 32.3. The molecular formula is C22H29NS. The smallest absolute Gasteiger partial charge is 0.0589 e. The van der Waals surface area contributed by atoms with Crippen molar-refractivity contribution in [3.8, 4) is 0 Å². The fourth-order valence-electron chi connectivity index (χ4n) is 3.68. The molecule has 0 unspecified atom stereocenters. The average Bonchev–Trinajstić information content (AvgIpc) is 2.96. The van der Waals surface area contributed by atoms with Crippen molar-refractivity contribution in [1.29, 1.82) is 0 Å². The summed E-state index contributed by atoms with van der Waals surface area (Å²) < 4.78 is 2.60. The molecule has 0 amide bonds. The maximum atomic E-state index is 2.60. The van der Waals surface area contributed by atoms with Gasteiger partial charge in [0, 0.05) is 17.4 Å². The van der Waals surface area contributed by atoms with Gasteiger partial charge < -0.3 is 4.57 Å². The summed E-state index contributed by atoms with van der Waals surface area (Å²) in [5.41, 5.74) is 4.11. The maximum Gasteiger partial charge on any atom is 0.0589 e. The third-order valence-corrected chi connectivity index (χ3v) is 9.85. The Morgan fingerprint density at radius 1 is 0.833 bits per heavy atom. The summed E-state index contributed by atoms with van der Waals surface area (Å²) in [7, 11) is -0.751. The number of aromatic nitrogens is 1. The van der Waals surface area contributed by atoms with Gasteiger partial charge in [0.05, 0.1) is 5.03 Å². The lowest BCUT2D eigenvalue weighted by Gasteiger charge is -2.38. The Labute approximate surface area is 148 Å². The number of aryl methyl sites for hydroxylation is 1. The summed E-state index contributed by atoms with van der Waals surface area (Å²) in [6.07, 6.45) is 0. The topological polar surface area (TPSA) is 4.93 Å². The molecule has 1 heterocycles. The van der Waals surface area contributed by atoms with Crippen LogP contribution in [0.2, 0.25) is 0 Å². The van der Waals surface area contributed by atoms with Crippen LogP contribution in [0.4, 0.5) is 0 Å².